The molecule has 0 aliphatic carbocycles. The minimum atomic E-state index is -0.334. The summed E-state index contributed by atoms with van der Waals surface area (Å²) in [5, 5.41) is 4.01. The number of anilines is 1. The number of thiophene rings is 1. The summed E-state index contributed by atoms with van der Waals surface area (Å²) in [6.45, 7) is 0.399. The van der Waals surface area contributed by atoms with Crippen LogP contribution in [-0.2, 0) is 13.1 Å². The standard InChI is InChI=1S/C19H21F2N5OS.ClH/c1-24(2)17-7-14(3-5-16(17)21)18-6-4-15(28-18)11-25-12-23-26(19(25)27)10-13(8-20)9-22;/h3-8,12H,9-11,22H2,1-2H3;1H/b13-8+;. The van der Waals surface area contributed by atoms with Crippen molar-refractivity contribution >= 4 is 29.4 Å². The summed E-state index contributed by atoms with van der Waals surface area (Å²) >= 11 is 1.52. The average molecular weight is 442 g/mol. The van der Waals surface area contributed by atoms with E-state index in [0.29, 0.717) is 24.1 Å². The zero-order valence-electron chi connectivity index (χ0n) is 16.0. The van der Waals surface area contributed by atoms with Gasteiger partial charge in [-0.25, -0.2) is 18.3 Å². The predicted octanol–water partition coefficient (Wildman–Crippen LogP) is 3.26. The van der Waals surface area contributed by atoms with Gasteiger partial charge in [0.15, 0.2) is 0 Å². The van der Waals surface area contributed by atoms with Crippen molar-refractivity contribution in [1.82, 2.24) is 14.3 Å². The van der Waals surface area contributed by atoms with Gasteiger partial charge in [0.25, 0.3) is 0 Å². The zero-order valence-corrected chi connectivity index (χ0v) is 17.6. The summed E-state index contributed by atoms with van der Waals surface area (Å²) in [5.41, 5.74) is 6.80. The van der Waals surface area contributed by atoms with E-state index in [1.807, 2.05) is 12.1 Å². The Bertz CT molecular complexity index is 1060. The maximum atomic E-state index is 13.9. The number of rotatable bonds is 7. The average Bonchev–Trinajstić information content (AvgIpc) is 3.28. The molecule has 156 valence electrons. The smallest absolute Gasteiger partial charge is 0.346 e. The second-order valence-corrected chi connectivity index (χ2v) is 7.67. The van der Waals surface area contributed by atoms with E-state index >= 15 is 0 Å². The third-order valence-electron chi connectivity index (χ3n) is 4.27. The Morgan fingerprint density at radius 3 is 2.72 bits per heavy atom. The Balaban J connectivity index is 0.00000300. The third-order valence-corrected chi connectivity index (χ3v) is 5.39. The second kappa shape index (κ2) is 9.82. The van der Waals surface area contributed by atoms with Crippen molar-refractivity contribution in [2.75, 3.05) is 25.5 Å². The van der Waals surface area contributed by atoms with Crippen molar-refractivity contribution < 1.29 is 8.78 Å². The van der Waals surface area contributed by atoms with Crippen molar-refractivity contribution in [2.24, 2.45) is 5.73 Å². The van der Waals surface area contributed by atoms with Gasteiger partial charge in [0.2, 0.25) is 0 Å². The Hall–Kier alpha value is -2.49. The van der Waals surface area contributed by atoms with Gasteiger partial charge in [-0.1, -0.05) is 6.07 Å². The van der Waals surface area contributed by atoms with Crippen molar-refractivity contribution in [3.8, 4) is 10.4 Å². The van der Waals surface area contributed by atoms with Crippen LogP contribution in [0.3, 0.4) is 0 Å². The SMILES string of the molecule is CN(C)c1cc(-c2ccc(Cn3cnn(C/C(=C/F)CN)c3=O)s2)ccc1F.Cl. The van der Waals surface area contributed by atoms with Gasteiger partial charge in [-0.2, -0.15) is 5.10 Å². The van der Waals surface area contributed by atoms with Gasteiger partial charge >= 0.3 is 5.69 Å². The van der Waals surface area contributed by atoms with E-state index in [1.54, 1.807) is 31.1 Å². The van der Waals surface area contributed by atoms with Crippen molar-refractivity contribution in [2.45, 2.75) is 13.1 Å². The van der Waals surface area contributed by atoms with Crippen LogP contribution < -0.4 is 16.3 Å². The maximum absolute atomic E-state index is 13.9. The fourth-order valence-electron chi connectivity index (χ4n) is 2.72. The molecule has 1 aromatic carbocycles. The maximum Gasteiger partial charge on any atom is 0.346 e. The molecule has 0 saturated carbocycles. The normalized spacial score (nSPS) is 11.4. The first-order chi connectivity index (χ1) is 13.4. The van der Waals surface area contributed by atoms with E-state index in [9.17, 15) is 13.6 Å². The van der Waals surface area contributed by atoms with E-state index in [1.165, 1.54) is 33.0 Å². The topological polar surface area (TPSA) is 69.1 Å². The monoisotopic (exact) mass is 441 g/mol. The summed E-state index contributed by atoms with van der Waals surface area (Å²) in [5.74, 6) is -0.274. The second-order valence-electron chi connectivity index (χ2n) is 6.50. The molecule has 0 radical (unpaired) electrons. The van der Waals surface area contributed by atoms with E-state index in [4.69, 9.17) is 5.73 Å². The first-order valence-electron chi connectivity index (χ1n) is 8.59. The lowest BCUT2D eigenvalue weighted by Crippen LogP contribution is -2.26. The molecule has 0 aliphatic rings. The minimum Gasteiger partial charge on any atom is -0.375 e. The molecule has 0 aliphatic heterocycles. The predicted molar refractivity (Wildman–Crippen MR) is 115 cm³/mol. The number of benzene rings is 1. The Morgan fingerprint density at radius 2 is 2.07 bits per heavy atom. The van der Waals surface area contributed by atoms with Crippen LogP contribution in [0.25, 0.3) is 10.4 Å². The fraction of sp³-hybridized carbons (Fsp3) is 0.263. The highest BCUT2D eigenvalue weighted by Crippen LogP contribution is 2.31. The lowest BCUT2D eigenvalue weighted by atomic mass is 10.1. The molecule has 0 spiro atoms. The molecule has 0 unspecified atom stereocenters. The summed E-state index contributed by atoms with van der Waals surface area (Å²) in [4.78, 5) is 16.1. The minimum absolute atomic E-state index is 0. The summed E-state index contributed by atoms with van der Waals surface area (Å²) in [6, 6.07) is 8.86. The molecule has 2 aromatic heterocycles. The highest BCUT2D eigenvalue weighted by atomic mass is 35.5. The van der Waals surface area contributed by atoms with Gasteiger partial charge in [-0.3, -0.25) is 4.57 Å². The highest BCUT2D eigenvalue weighted by molar-refractivity contribution is 7.15. The van der Waals surface area contributed by atoms with Crippen LogP contribution in [0.2, 0.25) is 0 Å². The number of hydrogen-bond acceptors (Lipinski definition) is 5. The summed E-state index contributed by atoms with van der Waals surface area (Å²) < 4.78 is 29.2. The van der Waals surface area contributed by atoms with Gasteiger partial charge in [0, 0.05) is 30.4 Å². The van der Waals surface area contributed by atoms with Crippen LogP contribution in [0, 0.1) is 5.82 Å². The number of hydrogen-bond donors (Lipinski definition) is 1. The van der Waals surface area contributed by atoms with Gasteiger partial charge in [-0.15, -0.1) is 23.7 Å². The number of halogens is 3. The third kappa shape index (κ3) is 5.11. The Kier molecular flexibility index (Phi) is 7.72. The van der Waals surface area contributed by atoms with Gasteiger partial charge in [0.05, 0.1) is 25.1 Å². The molecular formula is C19H22ClF2N5OS. The number of nitrogens with zero attached hydrogens (tertiary/aromatic N) is 4. The van der Waals surface area contributed by atoms with E-state index < -0.39 is 0 Å². The first kappa shape index (κ1) is 22.8. The quantitative estimate of drug-likeness (QED) is 0.611. The number of aromatic nitrogens is 3. The van der Waals surface area contributed by atoms with Crippen molar-refractivity contribution in [3.63, 3.8) is 0 Å². The molecule has 2 N–H and O–H groups in total. The van der Waals surface area contributed by atoms with Gasteiger partial charge < -0.3 is 10.6 Å². The zero-order chi connectivity index (χ0) is 20.3. The highest BCUT2D eigenvalue weighted by Gasteiger charge is 2.11. The molecular weight excluding hydrogens is 420 g/mol. The molecule has 0 fully saturated rings. The molecule has 0 saturated heterocycles. The lowest BCUT2D eigenvalue weighted by molar-refractivity contribution is 0.604. The van der Waals surface area contributed by atoms with Crippen LogP contribution in [0.1, 0.15) is 4.88 Å². The molecule has 29 heavy (non-hydrogen) atoms. The van der Waals surface area contributed by atoms with Crippen molar-refractivity contribution in [1.29, 1.82) is 0 Å². The molecule has 0 amide bonds. The van der Waals surface area contributed by atoms with Crippen LogP contribution in [-0.4, -0.2) is 35.0 Å². The van der Waals surface area contributed by atoms with Crippen molar-refractivity contribution in [3.05, 3.63) is 69.7 Å². The number of nitrogens with two attached hydrogens (primary N) is 1. The Labute approximate surface area is 177 Å². The first-order valence-corrected chi connectivity index (χ1v) is 9.41. The van der Waals surface area contributed by atoms with E-state index in [-0.39, 0.29) is 37.0 Å². The van der Waals surface area contributed by atoms with Crippen LogP contribution in [0.4, 0.5) is 14.5 Å². The summed E-state index contributed by atoms with van der Waals surface area (Å²) in [7, 11) is 3.58. The van der Waals surface area contributed by atoms with Gasteiger partial charge in [-0.05, 0) is 35.4 Å². The van der Waals surface area contributed by atoms with Crippen LogP contribution >= 0.6 is 23.7 Å². The molecule has 0 bridgehead atoms. The Morgan fingerprint density at radius 1 is 1.31 bits per heavy atom. The molecule has 10 heteroatoms. The molecule has 2 heterocycles. The lowest BCUT2D eigenvalue weighted by Gasteiger charge is -2.14. The van der Waals surface area contributed by atoms with E-state index in [0.717, 1.165) is 15.3 Å². The summed E-state index contributed by atoms with van der Waals surface area (Å²) in [6.07, 6.45) is 1.83. The van der Waals surface area contributed by atoms with Gasteiger partial charge in [0.1, 0.15) is 12.1 Å². The largest absolute Gasteiger partial charge is 0.375 e. The van der Waals surface area contributed by atoms with E-state index in [2.05, 4.69) is 5.10 Å². The molecule has 0 atom stereocenters. The molecule has 3 aromatic rings. The van der Waals surface area contributed by atoms with Crippen LogP contribution in [0.5, 0.6) is 0 Å². The fourth-order valence-corrected chi connectivity index (χ4v) is 3.72. The molecule has 6 nitrogen and oxygen atoms in total. The van der Waals surface area contributed by atoms with Crippen LogP contribution in [0.15, 0.2) is 53.4 Å². The molecule has 3 rings (SSSR count).